The van der Waals surface area contributed by atoms with Gasteiger partial charge < -0.3 is 4.90 Å². The van der Waals surface area contributed by atoms with E-state index in [1.807, 2.05) is 17.0 Å². The summed E-state index contributed by atoms with van der Waals surface area (Å²) in [5.74, 6) is -0.0921. The summed E-state index contributed by atoms with van der Waals surface area (Å²) in [5, 5.41) is 4.81. The van der Waals surface area contributed by atoms with Gasteiger partial charge in [-0.15, -0.1) is 0 Å². The molecule has 4 heterocycles. The Kier molecular flexibility index (Phi) is 4.06. The first-order chi connectivity index (χ1) is 13.7. The maximum absolute atomic E-state index is 12.9. The lowest BCUT2D eigenvalue weighted by molar-refractivity contribution is 0.0728. The van der Waals surface area contributed by atoms with Crippen molar-refractivity contribution < 1.29 is 4.79 Å². The Balaban J connectivity index is 1.39. The molecule has 0 unspecified atom stereocenters. The van der Waals surface area contributed by atoms with E-state index in [0.29, 0.717) is 29.5 Å². The van der Waals surface area contributed by atoms with Gasteiger partial charge in [-0.3, -0.25) is 9.78 Å². The standard InChI is InChI=1S/C21H16ClN5O/c22-18-11-24-20-10-19(25-27(20)13-18)21(28)26-8-5-16-9-15(1-2-17(16)12-26)14-3-6-23-7-4-14/h1-4,6-7,9-11,13H,5,8,12H2. The van der Waals surface area contributed by atoms with E-state index in [0.717, 1.165) is 12.0 Å². The Morgan fingerprint density at radius 3 is 2.75 bits per heavy atom. The molecule has 138 valence electrons. The van der Waals surface area contributed by atoms with Crippen LogP contribution < -0.4 is 0 Å². The Bertz CT molecular complexity index is 1190. The maximum Gasteiger partial charge on any atom is 0.274 e. The normalized spacial score (nSPS) is 13.5. The van der Waals surface area contributed by atoms with E-state index in [-0.39, 0.29) is 5.91 Å². The van der Waals surface area contributed by atoms with Crippen molar-refractivity contribution >= 4 is 23.2 Å². The van der Waals surface area contributed by atoms with E-state index < -0.39 is 0 Å². The molecule has 28 heavy (non-hydrogen) atoms. The number of amides is 1. The van der Waals surface area contributed by atoms with E-state index in [1.165, 1.54) is 21.2 Å². The van der Waals surface area contributed by atoms with Crippen molar-refractivity contribution in [3.05, 3.63) is 83.0 Å². The molecule has 3 aromatic heterocycles. The lowest BCUT2D eigenvalue weighted by Gasteiger charge is -2.28. The second kappa shape index (κ2) is 6.73. The second-order valence-electron chi connectivity index (χ2n) is 6.80. The number of rotatable bonds is 2. The van der Waals surface area contributed by atoms with E-state index in [2.05, 4.69) is 33.3 Å². The fourth-order valence-corrected chi connectivity index (χ4v) is 3.71. The van der Waals surface area contributed by atoms with Crippen LogP contribution in [0.1, 0.15) is 21.6 Å². The molecule has 1 aliphatic rings. The SMILES string of the molecule is O=C(c1cc2ncc(Cl)cn2n1)N1CCc2cc(-c3ccncc3)ccc2C1. The number of fused-ring (bicyclic) bond motifs is 2. The van der Waals surface area contributed by atoms with Crippen LogP contribution in [0.3, 0.4) is 0 Å². The van der Waals surface area contributed by atoms with Gasteiger partial charge in [0, 0.05) is 37.7 Å². The molecule has 0 fully saturated rings. The molecule has 0 radical (unpaired) electrons. The molecule has 0 N–H and O–H groups in total. The average Bonchev–Trinajstić information content (AvgIpc) is 3.16. The van der Waals surface area contributed by atoms with Gasteiger partial charge in [0.15, 0.2) is 11.3 Å². The minimum Gasteiger partial charge on any atom is -0.333 e. The molecular formula is C21H16ClN5O. The summed E-state index contributed by atoms with van der Waals surface area (Å²) in [7, 11) is 0. The van der Waals surface area contributed by atoms with Gasteiger partial charge in [-0.05, 0) is 40.8 Å². The Labute approximate surface area is 166 Å². The van der Waals surface area contributed by atoms with Crippen LogP contribution in [0.4, 0.5) is 0 Å². The van der Waals surface area contributed by atoms with Crippen molar-refractivity contribution in [3.8, 4) is 11.1 Å². The highest BCUT2D eigenvalue weighted by atomic mass is 35.5. The van der Waals surface area contributed by atoms with Gasteiger partial charge in [-0.25, -0.2) is 9.50 Å². The van der Waals surface area contributed by atoms with Gasteiger partial charge in [-0.1, -0.05) is 29.8 Å². The van der Waals surface area contributed by atoms with Crippen LogP contribution in [0.2, 0.25) is 5.02 Å². The summed E-state index contributed by atoms with van der Waals surface area (Å²) in [5.41, 5.74) is 5.75. The number of nitrogens with zero attached hydrogens (tertiary/aromatic N) is 5. The van der Waals surface area contributed by atoms with Crippen LogP contribution in [-0.4, -0.2) is 36.9 Å². The fraction of sp³-hybridized carbons (Fsp3) is 0.143. The molecule has 1 aliphatic heterocycles. The average molecular weight is 390 g/mol. The van der Waals surface area contributed by atoms with Gasteiger partial charge in [0.2, 0.25) is 0 Å². The summed E-state index contributed by atoms with van der Waals surface area (Å²) in [6.07, 6.45) is 7.60. The van der Waals surface area contributed by atoms with E-state index in [4.69, 9.17) is 11.6 Å². The van der Waals surface area contributed by atoms with E-state index >= 15 is 0 Å². The van der Waals surface area contributed by atoms with Crippen LogP contribution in [0.25, 0.3) is 16.8 Å². The monoisotopic (exact) mass is 389 g/mol. The molecule has 6 nitrogen and oxygen atoms in total. The van der Waals surface area contributed by atoms with Crippen molar-refractivity contribution in [2.75, 3.05) is 6.54 Å². The number of hydrogen-bond acceptors (Lipinski definition) is 4. The van der Waals surface area contributed by atoms with Crippen molar-refractivity contribution in [2.45, 2.75) is 13.0 Å². The molecule has 5 rings (SSSR count). The summed E-state index contributed by atoms with van der Waals surface area (Å²) >= 11 is 5.95. The Hall–Kier alpha value is -3.25. The van der Waals surface area contributed by atoms with Gasteiger partial charge in [-0.2, -0.15) is 5.10 Å². The third-order valence-corrected chi connectivity index (χ3v) is 5.22. The highest BCUT2D eigenvalue weighted by Gasteiger charge is 2.24. The molecule has 0 bridgehead atoms. The third kappa shape index (κ3) is 3.01. The molecule has 0 aliphatic carbocycles. The molecule has 0 saturated carbocycles. The van der Waals surface area contributed by atoms with Crippen molar-refractivity contribution in [1.82, 2.24) is 24.5 Å². The molecule has 1 amide bonds. The van der Waals surface area contributed by atoms with Gasteiger partial charge in [0.25, 0.3) is 5.91 Å². The molecule has 0 spiro atoms. The summed E-state index contributed by atoms with van der Waals surface area (Å²) in [6.45, 7) is 1.24. The van der Waals surface area contributed by atoms with Gasteiger partial charge >= 0.3 is 0 Å². The lowest BCUT2D eigenvalue weighted by Crippen LogP contribution is -2.36. The molecule has 0 saturated heterocycles. The highest BCUT2D eigenvalue weighted by molar-refractivity contribution is 6.30. The van der Waals surface area contributed by atoms with E-state index in [9.17, 15) is 4.79 Å². The van der Waals surface area contributed by atoms with Crippen LogP contribution >= 0.6 is 11.6 Å². The fourth-order valence-electron chi connectivity index (χ4n) is 3.57. The van der Waals surface area contributed by atoms with Gasteiger partial charge in [0.1, 0.15) is 0 Å². The highest BCUT2D eigenvalue weighted by Crippen LogP contribution is 2.26. The molecule has 0 atom stereocenters. The lowest BCUT2D eigenvalue weighted by atomic mass is 9.95. The minimum absolute atomic E-state index is 0.0921. The molecular weight excluding hydrogens is 374 g/mol. The predicted molar refractivity (Wildman–Crippen MR) is 106 cm³/mol. The topological polar surface area (TPSA) is 63.4 Å². The zero-order valence-corrected chi connectivity index (χ0v) is 15.7. The van der Waals surface area contributed by atoms with Gasteiger partial charge in [0.05, 0.1) is 11.2 Å². The number of hydrogen-bond donors (Lipinski definition) is 0. The van der Waals surface area contributed by atoms with Crippen molar-refractivity contribution in [3.63, 3.8) is 0 Å². The summed E-state index contributed by atoms with van der Waals surface area (Å²) in [6, 6.07) is 12.1. The third-order valence-electron chi connectivity index (χ3n) is 5.02. The number of benzene rings is 1. The molecule has 4 aromatic rings. The van der Waals surface area contributed by atoms with Crippen molar-refractivity contribution in [2.24, 2.45) is 0 Å². The smallest absolute Gasteiger partial charge is 0.274 e. The van der Waals surface area contributed by atoms with Crippen LogP contribution in [0, 0.1) is 0 Å². The first-order valence-electron chi connectivity index (χ1n) is 9.00. The number of halogens is 1. The largest absolute Gasteiger partial charge is 0.333 e. The number of aromatic nitrogens is 4. The minimum atomic E-state index is -0.0921. The second-order valence-corrected chi connectivity index (χ2v) is 7.24. The predicted octanol–water partition coefficient (Wildman–Crippen LogP) is 3.64. The quantitative estimate of drug-likeness (QED) is 0.525. The number of carbonyl (C=O) groups excluding carboxylic acids is 1. The number of pyridine rings is 1. The number of carbonyl (C=O) groups is 1. The first-order valence-corrected chi connectivity index (χ1v) is 9.37. The Morgan fingerprint density at radius 1 is 1.04 bits per heavy atom. The Morgan fingerprint density at radius 2 is 1.89 bits per heavy atom. The van der Waals surface area contributed by atoms with Crippen LogP contribution in [0.5, 0.6) is 0 Å². The molecule has 7 heteroatoms. The van der Waals surface area contributed by atoms with E-state index in [1.54, 1.807) is 30.9 Å². The summed E-state index contributed by atoms with van der Waals surface area (Å²) in [4.78, 5) is 23.0. The van der Waals surface area contributed by atoms with Crippen LogP contribution in [-0.2, 0) is 13.0 Å². The molecule has 1 aromatic carbocycles. The zero-order chi connectivity index (χ0) is 19.1. The summed E-state index contributed by atoms with van der Waals surface area (Å²) < 4.78 is 1.54. The maximum atomic E-state index is 12.9. The first kappa shape index (κ1) is 16.9. The van der Waals surface area contributed by atoms with Crippen molar-refractivity contribution in [1.29, 1.82) is 0 Å². The zero-order valence-electron chi connectivity index (χ0n) is 14.9. The van der Waals surface area contributed by atoms with Crippen LogP contribution in [0.15, 0.2) is 61.2 Å².